The Morgan fingerprint density at radius 3 is 1.79 bits per heavy atom. The van der Waals surface area contributed by atoms with Crippen LogP contribution in [0.1, 0.15) is 11.1 Å². The van der Waals surface area contributed by atoms with Crippen molar-refractivity contribution in [2.75, 3.05) is 36.7 Å². The number of ether oxygens (including phenoxy) is 2. The van der Waals surface area contributed by atoms with E-state index in [1.807, 2.05) is 42.5 Å². The number of fused-ring (bicyclic) bond motifs is 2. The first-order valence-electron chi connectivity index (χ1n) is 13.4. The van der Waals surface area contributed by atoms with Crippen molar-refractivity contribution in [3.8, 4) is 23.6 Å². The predicted molar refractivity (Wildman–Crippen MR) is 199 cm³/mol. The highest BCUT2D eigenvalue weighted by Gasteiger charge is 2.10. The van der Waals surface area contributed by atoms with Crippen LogP contribution < -0.4 is 32.0 Å². The number of hydrogen-bond acceptors (Lipinski definition) is 12. The van der Waals surface area contributed by atoms with Crippen molar-refractivity contribution >= 4 is 107 Å². The molecule has 0 unspecified atom stereocenters. The molecular weight excluding hydrogens is 787 g/mol. The Hall–Kier alpha value is -5.12. The van der Waals surface area contributed by atoms with Gasteiger partial charge in [0.25, 0.3) is 0 Å². The van der Waals surface area contributed by atoms with Crippen LogP contribution in [0.5, 0.6) is 11.5 Å². The van der Waals surface area contributed by atoms with Crippen molar-refractivity contribution in [3.05, 3.63) is 98.2 Å². The zero-order valence-electron chi connectivity index (χ0n) is 25.2. The molecule has 6 aromatic rings. The van der Waals surface area contributed by atoms with Gasteiger partial charge < -0.3 is 32.0 Å². The number of aromatic nitrogens is 4. The molecule has 7 N–H and O–H groups in total. The third-order valence-corrected chi connectivity index (χ3v) is 7.76. The molecule has 0 radical (unpaired) electrons. The Morgan fingerprint density at radius 1 is 0.708 bits per heavy atom. The standard InChI is InChI=1S/C16H12BrN5O.C8H5BrClN3.C8H8N2O.ClH/c1-23-13-7-10(6-5-9(13)8-18)20-16-21-14-11(15(19)22-16)3-2-4-12(14)17;9-5-3-1-2-4-6(5)12-8(10)13-7(4)11;1-11-8-4-7(10)3-2-6(8)5-9;/h2-7H,1H3,(H3,19,20,21,22);1-3H,(H2,11,12,13);2-4H,10H2,1H3;1H. The summed E-state index contributed by atoms with van der Waals surface area (Å²) in [5, 5.41) is 22.4. The van der Waals surface area contributed by atoms with Gasteiger partial charge in [0, 0.05) is 43.2 Å². The molecule has 0 fully saturated rings. The lowest BCUT2D eigenvalue weighted by atomic mass is 10.2. The average molecular weight is 813 g/mol. The summed E-state index contributed by atoms with van der Waals surface area (Å²) >= 11 is 12.5. The molecule has 2 aromatic heterocycles. The Labute approximate surface area is 303 Å². The van der Waals surface area contributed by atoms with E-state index in [1.54, 1.807) is 36.4 Å². The van der Waals surface area contributed by atoms with Crippen molar-refractivity contribution in [1.82, 2.24) is 19.9 Å². The van der Waals surface area contributed by atoms with Crippen LogP contribution in [0.3, 0.4) is 0 Å². The van der Waals surface area contributed by atoms with Crippen LogP contribution >= 0.6 is 55.9 Å². The molecule has 0 atom stereocenters. The lowest BCUT2D eigenvalue weighted by molar-refractivity contribution is 0.413. The summed E-state index contributed by atoms with van der Waals surface area (Å²) in [6.07, 6.45) is 0. The van der Waals surface area contributed by atoms with Crippen LogP contribution in [0.25, 0.3) is 21.8 Å². The van der Waals surface area contributed by atoms with Crippen LogP contribution in [-0.4, -0.2) is 34.2 Å². The van der Waals surface area contributed by atoms with Gasteiger partial charge in [-0.2, -0.15) is 15.5 Å². The Bertz CT molecular complexity index is 2180. The molecule has 12 nitrogen and oxygen atoms in total. The van der Waals surface area contributed by atoms with E-state index < -0.39 is 0 Å². The molecule has 0 aliphatic rings. The van der Waals surface area contributed by atoms with E-state index in [-0.39, 0.29) is 17.7 Å². The van der Waals surface area contributed by atoms with Gasteiger partial charge in [0.05, 0.1) is 36.4 Å². The summed E-state index contributed by atoms with van der Waals surface area (Å²) < 4.78 is 11.8. The number of rotatable bonds is 4. The number of methoxy groups -OCH3 is 2. The fourth-order valence-corrected chi connectivity index (χ4v) is 5.19. The molecule has 0 saturated heterocycles. The van der Waals surface area contributed by atoms with Gasteiger partial charge in [-0.25, -0.2) is 15.0 Å². The summed E-state index contributed by atoms with van der Waals surface area (Å²) in [4.78, 5) is 16.7. The minimum atomic E-state index is 0. The van der Waals surface area contributed by atoms with Gasteiger partial charge in [-0.3, -0.25) is 0 Å². The van der Waals surface area contributed by atoms with E-state index in [2.05, 4.69) is 63.2 Å². The van der Waals surface area contributed by atoms with Gasteiger partial charge in [-0.1, -0.05) is 12.1 Å². The van der Waals surface area contributed by atoms with E-state index >= 15 is 0 Å². The fourth-order valence-electron chi connectivity index (χ4n) is 4.10. The number of nitrogen functional groups attached to an aromatic ring is 3. The summed E-state index contributed by atoms with van der Waals surface area (Å²) in [7, 11) is 3.02. The number of nitrogens with one attached hydrogen (secondary N) is 1. The molecule has 0 aliphatic carbocycles. The molecule has 48 heavy (non-hydrogen) atoms. The van der Waals surface area contributed by atoms with E-state index in [0.29, 0.717) is 51.6 Å². The van der Waals surface area contributed by atoms with Gasteiger partial charge in [0.1, 0.15) is 35.3 Å². The maximum absolute atomic E-state index is 9.02. The highest BCUT2D eigenvalue weighted by atomic mass is 79.9. The number of halogens is 4. The fraction of sp³-hybridized carbons (Fsp3) is 0.0625. The van der Waals surface area contributed by atoms with E-state index in [0.717, 1.165) is 30.8 Å². The Morgan fingerprint density at radius 2 is 1.23 bits per heavy atom. The monoisotopic (exact) mass is 810 g/mol. The van der Waals surface area contributed by atoms with Crippen LogP contribution in [0.4, 0.5) is 29.0 Å². The molecule has 6 rings (SSSR count). The summed E-state index contributed by atoms with van der Waals surface area (Å²) in [5.41, 5.74) is 20.9. The second-order valence-electron chi connectivity index (χ2n) is 9.31. The van der Waals surface area contributed by atoms with Gasteiger partial charge in [0.2, 0.25) is 11.2 Å². The third-order valence-electron chi connectivity index (χ3n) is 6.31. The summed E-state index contributed by atoms with van der Waals surface area (Å²) in [5.74, 6) is 2.16. The zero-order chi connectivity index (χ0) is 34.1. The number of hydrogen-bond donors (Lipinski definition) is 4. The first-order chi connectivity index (χ1) is 22.6. The van der Waals surface area contributed by atoms with Gasteiger partial charge in [0.15, 0.2) is 0 Å². The Balaban J connectivity index is 0.000000212. The van der Waals surface area contributed by atoms with Crippen molar-refractivity contribution in [3.63, 3.8) is 0 Å². The average Bonchev–Trinajstić information content (AvgIpc) is 3.06. The molecule has 244 valence electrons. The molecule has 4 aromatic carbocycles. The highest BCUT2D eigenvalue weighted by Crippen LogP contribution is 2.29. The smallest absolute Gasteiger partial charge is 0.229 e. The molecule has 2 heterocycles. The largest absolute Gasteiger partial charge is 0.495 e. The van der Waals surface area contributed by atoms with Crippen molar-refractivity contribution < 1.29 is 9.47 Å². The molecule has 0 spiro atoms. The van der Waals surface area contributed by atoms with Gasteiger partial charge in [-0.05, 0) is 92.0 Å². The summed E-state index contributed by atoms with van der Waals surface area (Å²) in [6, 6.07) is 25.4. The first kappa shape index (κ1) is 37.3. The minimum Gasteiger partial charge on any atom is -0.495 e. The highest BCUT2D eigenvalue weighted by molar-refractivity contribution is 9.11. The molecular formula is C32H26Br2Cl2N10O2. The van der Waals surface area contributed by atoms with E-state index in [1.165, 1.54) is 14.2 Å². The van der Waals surface area contributed by atoms with Crippen molar-refractivity contribution in [1.29, 1.82) is 10.5 Å². The predicted octanol–water partition coefficient (Wildman–Crippen LogP) is 7.80. The number of nitrogens with two attached hydrogens (primary N) is 3. The zero-order valence-corrected chi connectivity index (χ0v) is 29.9. The number of anilines is 5. The Kier molecular flexibility index (Phi) is 13.3. The van der Waals surface area contributed by atoms with Crippen LogP contribution in [-0.2, 0) is 0 Å². The van der Waals surface area contributed by atoms with Crippen LogP contribution in [0.15, 0.2) is 81.7 Å². The minimum absolute atomic E-state index is 0. The number of nitrogens with zero attached hydrogens (tertiary/aromatic N) is 6. The molecule has 0 bridgehead atoms. The van der Waals surface area contributed by atoms with Crippen molar-refractivity contribution in [2.24, 2.45) is 0 Å². The number of benzene rings is 4. The second-order valence-corrected chi connectivity index (χ2v) is 11.4. The maximum atomic E-state index is 9.02. The topological polar surface area (TPSA) is 208 Å². The van der Waals surface area contributed by atoms with E-state index in [4.69, 9.17) is 48.8 Å². The molecule has 0 saturated carbocycles. The quantitative estimate of drug-likeness (QED) is 0.0994. The molecule has 0 aliphatic heterocycles. The molecule has 16 heteroatoms. The third kappa shape index (κ3) is 9.02. The second kappa shape index (κ2) is 17.2. The van der Waals surface area contributed by atoms with Gasteiger partial charge >= 0.3 is 0 Å². The normalized spacial score (nSPS) is 9.81. The SMILES string of the molecule is COc1cc(N)ccc1C#N.COc1cc(Nc2nc(N)c3cccc(Br)c3n2)ccc1C#N.Cl.Nc1nc(Cl)nc2c(Br)cccc12. The first-order valence-corrected chi connectivity index (χ1v) is 15.3. The lowest BCUT2D eigenvalue weighted by Crippen LogP contribution is -2.02. The van der Waals surface area contributed by atoms with Crippen LogP contribution in [0.2, 0.25) is 5.28 Å². The van der Waals surface area contributed by atoms with Gasteiger partial charge in [-0.15, -0.1) is 12.4 Å². The maximum Gasteiger partial charge on any atom is 0.229 e. The molecule has 0 amide bonds. The lowest BCUT2D eigenvalue weighted by Gasteiger charge is -2.10. The van der Waals surface area contributed by atoms with E-state index in [9.17, 15) is 0 Å². The number of nitriles is 2. The number of para-hydroxylation sites is 2. The summed E-state index contributed by atoms with van der Waals surface area (Å²) in [6.45, 7) is 0. The van der Waals surface area contributed by atoms with Crippen molar-refractivity contribution in [2.45, 2.75) is 0 Å². The van der Waals surface area contributed by atoms with Crippen LogP contribution in [0, 0.1) is 22.7 Å².